The van der Waals surface area contributed by atoms with E-state index in [2.05, 4.69) is 27.3 Å². The zero-order valence-corrected chi connectivity index (χ0v) is 18.3. The van der Waals surface area contributed by atoms with Gasteiger partial charge in [-0.1, -0.05) is 84.4 Å². The Morgan fingerprint density at radius 3 is 2.22 bits per heavy atom. The van der Waals surface area contributed by atoms with Gasteiger partial charge in [-0.05, 0) is 28.8 Å². The third-order valence-corrected chi connectivity index (χ3v) is 5.22. The molecule has 0 saturated heterocycles. The first-order valence-corrected chi connectivity index (χ1v) is 10.8. The van der Waals surface area contributed by atoms with E-state index in [-0.39, 0.29) is 11.6 Å². The van der Waals surface area contributed by atoms with Gasteiger partial charge in [-0.3, -0.25) is 9.69 Å². The van der Waals surface area contributed by atoms with Crippen LogP contribution in [0, 0.1) is 0 Å². The van der Waals surface area contributed by atoms with Gasteiger partial charge >= 0.3 is 0 Å². The second-order valence-corrected chi connectivity index (χ2v) is 7.99. The fourth-order valence-electron chi connectivity index (χ4n) is 3.45. The van der Waals surface area contributed by atoms with Gasteiger partial charge in [-0.15, -0.1) is 0 Å². The summed E-state index contributed by atoms with van der Waals surface area (Å²) < 4.78 is 5.63. The van der Waals surface area contributed by atoms with Crippen LogP contribution in [0.5, 0.6) is 0 Å². The molecule has 6 heteroatoms. The first-order chi connectivity index (χ1) is 15.7. The van der Waals surface area contributed by atoms with E-state index >= 15 is 0 Å². The minimum Gasteiger partial charge on any atom is -0.447 e. The SMILES string of the molecule is O=C(NCc1ccccc1)c1coc(CN(Cc2ccccc2)Cc2cccc(Cl)c2)n1. The molecular formula is C26H24ClN3O2. The highest BCUT2D eigenvalue weighted by Gasteiger charge is 2.16. The molecule has 0 aliphatic heterocycles. The van der Waals surface area contributed by atoms with E-state index in [1.54, 1.807) is 0 Å². The monoisotopic (exact) mass is 445 g/mol. The number of nitrogens with one attached hydrogen (secondary N) is 1. The van der Waals surface area contributed by atoms with Crippen molar-refractivity contribution in [3.05, 3.63) is 124 Å². The summed E-state index contributed by atoms with van der Waals surface area (Å²) in [6.45, 7) is 2.29. The van der Waals surface area contributed by atoms with Crippen LogP contribution in [0.4, 0.5) is 0 Å². The van der Waals surface area contributed by atoms with Gasteiger partial charge in [0, 0.05) is 24.7 Å². The molecule has 1 aromatic heterocycles. The van der Waals surface area contributed by atoms with E-state index in [0.717, 1.165) is 11.1 Å². The Bertz CT molecular complexity index is 1150. The maximum atomic E-state index is 12.5. The lowest BCUT2D eigenvalue weighted by Crippen LogP contribution is -2.24. The molecule has 5 nitrogen and oxygen atoms in total. The normalized spacial score (nSPS) is 10.9. The van der Waals surface area contributed by atoms with Crippen LogP contribution in [-0.2, 0) is 26.2 Å². The molecule has 1 heterocycles. The average molecular weight is 446 g/mol. The predicted molar refractivity (Wildman–Crippen MR) is 125 cm³/mol. The summed E-state index contributed by atoms with van der Waals surface area (Å²) in [5.41, 5.74) is 3.58. The van der Waals surface area contributed by atoms with Crippen molar-refractivity contribution in [1.82, 2.24) is 15.2 Å². The van der Waals surface area contributed by atoms with Crippen LogP contribution in [0.2, 0.25) is 5.02 Å². The second kappa shape index (κ2) is 10.8. The third kappa shape index (κ3) is 6.30. The van der Waals surface area contributed by atoms with E-state index in [0.29, 0.717) is 37.1 Å². The van der Waals surface area contributed by atoms with Crippen LogP contribution in [0.1, 0.15) is 33.1 Å². The molecule has 0 unspecified atom stereocenters. The van der Waals surface area contributed by atoms with Crippen LogP contribution in [0.3, 0.4) is 0 Å². The highest BCUT2D eigenvalue weighted by atomic mass is 35.5. The first kappa shape index (κ1) is 21.8. The van der Waals surface area contributed by atoms with Gasteiger partial charge in [0.15, 0.2) is 5.69 Å². The Labute approximate surface area is 192 Å². The van der Waals surface area contributed by atoms with Gasteiger partial charge < -0.3 is 9.73 Å². The Morgan fingerprint density at radius 2 is 1.50 bits per heavy atom. The zero-order valence-electron chi connectivity index (χ0n) is 17.6. The molecule has 1 N–H and O–H groups in total. The van der Waals surface area contributed by atoms with Gasteiger partial charge in [0.25, 0.3) is 5.91 Å². The van der Waals surface area contributed by atoms with Gasteiger partial charge in [0.1, 0.15) is 6.26 Å². The number of oxazole rings is 1. The minimum atomic E-state index is -0.256. The van der Waals surface area contributed by atoms with E-state index in [9.17, 15) is 4.79 Å². The molecule has 0 aliphatic carbocycles. The summed E-state index contributed by atoms with van der Waals surface area (Å²) in [6, 6.07) is 27.8. The predicted octanol–water partition coefficient (Wildman–Crippen LogP) is 5.46. The van der Waals surface area contributed by atoms with E-state index in [1.807, 2.05) is 72.8 Å². The Hall–Kier alpha value is -3.41. The van der Waals surface area contributed by atoms with Gasteiger partial charge in [0.2, 0.25) is 5.89 Å². The van der Waals surface area contributed by atoms with E-state index in [4.69, 9.17) is 16.0 Å². The smallest absolute Gasteiger partial charge is 0.273 e. The number of carbonyl (C=O) groups is 1. The number of carbonyl (C=O) groups excluding carboxylic acids is 1. The van der Waals surface area contributed by atoms with Crippen LogP contribution in [0.25, 0.3) is 0 Å². The van der Waals surface area contributed by atoms with Gasteiger partial charge in [-0.25, -0.2) is 4.98 Å². The fraction of sp³-hybridized carbons (Fsp3) is 0.154. The van der Waals surface area contributed by atoms with Crippen molar-refractivity contribution in [2.24, 2.45) is 0 Å². The summed E-state index contributed by atoms with van der Waals surface area (Å²) in [7, 11) is 0. The molecule has 4 aromatic rings. The number of rotatable bonds is 9. The summed E-state index contributed by atoms with van der Waals surface area (Å²) >= 11 is 6.17. The lowest BCUT2D eigenvalue weighted by atomic mass is 10.1. The lowest BCUT2D eigenvalue weighted by Gasteiger charge is -2.21. The topological polar surface area (TPSA) is 58.4 Å². The Kier molecular flexibility index (Phi) is 7.33. The highest BCUT2D eigenvalue weighted by molar-refractivity contribution is 6.30. The summed E-state index contributed by atoms with van der Waals surface area (Å²) in [5.74, 6) is 0.237. The molecule has 0 spiro atoms. The maximum absolute atomic E-state index is 12.5. The number of aromatic nitrogens is 1. The Morgan fingerprint density at radius 1 is 0.844 bits per heavy atom. The van der Waals surface area contributed by atoms with Crippen LogP contribution >= 0.6 is 11.6 Å². The molecule has 1 amide bonds. The number of hydrogen-bond donors (Lipinski definition) is 1. The quantitative estimate of drug-likeness (QED) is 0.371. The molecule has 0 radical (unpaired) electrons. The van der Waals surface area contributed by atoms with Crippen LogP contribution in [0.15, 0.2) is 95.6 Å². The summed E-state index contributed by atoms with van der Waals surface area (Å²) in [4.78, 5) is 19.1. The van der Waals surface area contributed by atoms with E-state index < -0.39 is 0 Å². The van der Waals surface area contributed by atoms with Gasteiger partial charge in [-0.2, -0.15) is 0 Å². The van der Waals surface area contributed by atoms with Crippen molar-refractivity contribution < 1.29 is 9.21 Å². The number of halogens is 1. The van der Waals surface area contributed by atoms with E-state index in [1.165, 1.54) is 11.8 Å². The van der Waals surface area contributed by atoms with Crippen molar-refractivity contribution in [1.29, 1.82) is 0 Å². The average Bonchev–Trinajstić information content (AvgIpc) is 3.27. The lowest BCUT2D eigenvalue weighted by molar-refractivity contribution is 0.0945. The molecule has 0 fully saturated rings. The largest absolute Gasteiger partial charge is 0.447 e. The number of nitrogens with zero attached hydrogens (tertiary/aromatic N) is 2. The van der Waals surface area contributed by atoms with Crippen molar-refractivity contribution in [2.45, 2.75) is 26.2 Å². The minimum absolute atomic E-state index is 0.256. The highest BCUT2D eigenvalue weighted by Crippen LogP contribution is 2.17. The molecule has 4 rings (SSSR count). The molecule has 0 bridgehead atoms. The third-order valence-electron chi connectivity index (χ3n) is 4.98. The number of hydrogen-bond acceptors (Lipinski definition) is 4. The molecule has 32 heavy (non-hydrogen) atoms. The summed E-state index contributed by atoms with van der Waals surface area (Å²) in [5, 5.41) is 3.58. The van der Waals surface area contributed by atoms with Crippen molar-refractivity contribution in [3.8, 4) is 0 Å². The van der Waals surface area contributed by atoms with Gasteiger partial charge in [0.05, 0.1) is 6.54 Å². The summed E-state index contributed by atoms with van der Waals surface area (Å²) in [6.07, 6.45) is 1.41. The molecule has 0 saturated carbocycles. The second-order valence-electron chi connectivity index (χ2n) is 7.56. The number of benzene rings is 3. The maximum Gasteiger partial charge on any atom is 0.273 e. The molecule has 3 aromatic carbocycles. The number of amides is 1. The van der Waals surface area contributed by atoms with Crippen molar-refractivity contribution >= 4 is 17.5 Å². The Balaban J connectivity index is 1.43. The molecule has 162 valence electrons. The van der Waals surface area contributed by atoms with Crippen LogP contribution < -0.4 is 5.32 Å². The molecule has 0 atom stereocenters. The fourth-order valence-corrected chi connectivity index (χ4v) is 3.66. The zero-order chi connectivity index (χ0) is 22.2. The van der Waals surface area contributed by atoms with Crippen LogP contribution in [-0.4, -0.2) is 15.8 Å². The van der Waals surface area contributed by atoms with Crippen molar-refractivity contribution in [3.63, 3.8) is 0 Å². The molecular weight excluding hydrogens is 422 g/mol. The molecule has 0 aliphatic rings. The standard InChI is InChI=1S/C26H24ClN3O2/c27-23-13-7-12-22(14-23)17-30(16-21-10-5-2-6-11-21)18-25-29-24(19-32-25)26(31)28-15-20-8-3-1-4-9-20/h1-14,19H,15-18H2,(H,28,31). The van der Waals surface area contributed by atoms with Crippen molar-refractivity contribution in [2.75, 3.05) is 0 Å². The first-order valence-electron chi connectivity index (χ1n) is 10.4.